The van der Waals surface area contributed by atoms with Gasteiger partial charge in [-0.2, -0.15) is 15.0 Å². The minimum Gasteiger partial charge on any atom is -0.340 e. The van der Waals surface area contributed by atoms with E-state index in [2.05, 4.69) is 53.1 Å². The van der Waals surface area contributed by atoms with E-state index in [1.54, 1.807) is 23.3 Å². The largest absolute Gasteiger partial charge is 0.340 e. The summed E-state index contributed by atoms with van der Waals surface area (Å²) in [7, 11) is 1.96. The first-order valence-electron chi connectivity index (χ1n) is 6.77. The number of rotatable bonds is 4. The average Bonchev–Trinajstić information content (AvgIpc) is 2.98. The molecule has 2 heterocycles. The molecule has 0 spiro atoms. The van der Waals surface area contributed by atoms with Crippen LogP contribution in [0.4, 0.5) is 11.9 Å². The summed E-state index contributed by atoms with van der Waals surface area (Å²) < 4.78 is 1.71. The van der Waals surface area contributed by atoms with Crippen molar-refractivity contribution >= 4 is 11.9 Å². The third-order valence-corrected chi connectivity index (χ3v) is 3.63. The molecule has 0 bridgehead atoms. The lowest BCUT2D eigenvalue weighted by molar-refractivity contribution is 0.327. The van der Waals surface area contributed by atoms with Crippen LogP contribution in [-0.4, -0.2) is 37.6 Å². The summed E-state index contributed by atoms with van der Waals surface area (Å²) >= 11 is 0. The molecule has 2 aromatic heterocycles. The second-order valence-corrected chi connectivity index (χ2v) is 6.03. The Hall–Kier alpha value is -2.22. The molecule has 0 aliphatic rings. The van der Waals surface area contributed by atoms with Gasteiger partial charge in [0.05, 0.1) is 0 Å². The third-order valence-electron chi connectivity index (χ3n) is 3.63. The lowest BCUT2D eigenvalue weighted by atomic mass is 9.87. The van der Waals surface area contributed by atoms with Crippen molar-refractivity contribution in [2.45, 2.75) is 33.7 Å². The van der Waals surface area contributed by atoms with E-state index in [1.165, 1.54) is 0 Å². The second kappa shape index (κ2) is 5.65. The number of nitrogens with zero attached hydrogens (tertiary/aromatic N) is 6. The van der Waals surface area contributed by atoms with Crippen molar-refractivity contribution in [1.29, 1.82) is 0 Å². The number of nitrogens with two attached hydrogens (primary N) is 1. The Balaban J connectivity index is 2.42. The lowest BCUT2D eigenvalue weighted by Gasteiger charge is -2.35. The van der Waals surface area contributed by atoms with Crippen LogP contribution in [0.25, 0.3) is 5.95 Å². The molecule has 0 radical (unpaired) electrons. The van der Waals surface area contributed by atoms with Crippen LogP contribution in [0.1, 0.15) is 27.7 Å². The average molecular weight is 290 g/mol. The Kier molecular flexibility index (Phi) is 4.08. The fraction of sp³-hybridized carbons (Fsp3) is 0.538. The predicted octanol–water partition coefficient (Wildman–Crippen LogP) is 1.21. The van der Waals surface area contributed by atoms with E-state index in [9.17, 15) is 0 Å². The van der Waals surface area contributed by atoms with Gasteiger partial charge >= 0.3 is 0 Å². The Bertz CT molecular complexity index is 587. The van der Waals surface area contributed by atoms with Gasteiger partial charge in [-0.05, 0) is 12.3 Å². The van der Waals surface area contributed by atoms with Crippen molar-refractivity contribution in [2.24, 2.45) is 11.3 Å². The maximum absolute atomic E-state index is 5.46. The quantitative estimate of drug-likeness (QED) is 0.645. The molecule has 1 atom stereocenters. The van der Waals surface area contributed by atoms with Gasteiger partial charge in [-0.25, -0.2) is 10.8 Å². The van der Waals surface area contributed by atoms with Crippen LogP contribution in [0.15, 0.2) is 18.7 Å². The molecule has 21 heavy (non-hydrogen) atoms. The highest BCUT2D eigenvalue weighted by atomic mass is 15.4. The van der Waals surface area contributed by atoms with Crippen LogP contribution in [-0.2, 0) is 0 Å². The van der Waals surface area contributed by atoms with E-state index in [4.69, 9.17) is 5.84 Å². The molecule has 2 rings (SSSR count). The van der Waals surface area contributed by atoms with Crippen LogP contribution in [0.2, 0.25) is 0 Å². The summed E-state index contributed by atoms with van der Waals surface area (Å²) in [4.78, 5) is 19.1. The molecule has 0 aromatic carbocycles. The molecular formula is C13H22N8. The van der Waals surface area contributed by atoms with Gasteiger partial charge in [0.25, 0.3) is 0 Å². The van der Waals surface area contributed by atoms with Crippen molar-refractivity contribution in [3.8, 4) is 5.95 Å². The summed E-state index contributed by atoms with van der Waals surface area (Å²) in [6.45, 7) is 8.66. The number of hydrogen-bond acceptors (Lipinski definition) is 7. The van der Waals surface area contributed by atoms with E-state index in [-0.39, 0.29) is 11.5 Å². The van der Waals surface area contributed by atoms with Gasteiger partial charge in [0.1, 0.15) is 6.33 Å². The van der Waals surface area contributed by atoms with Crippen LogP contribution in [0, 0.1) is 5.41 Å². The number of hydrazine groups is 1. The number of hydrogen-bond donors (Lipinski definition) is 2. The Morgan fingerprint density at radius 2 is 2.00 bits per heavy atom. The minimum atomic E-state index is 0.0901. The zero-order chi connectivity index (χ0) is 15.6. The van der Waals surface area contributed by atoms with Crippen LogP contribution >= 0.6 is 0 Å². The van der Waals surface area contributed by atoms with Gasteiger partial charge in [0.15, 0.2) is 0 Å². The standard InChI is InChI=1S/C13H22N8/c1-9(13(2,3)4)20(5)11-16-10(19-14)17-12(18-11)21-7-6-15-8-21/h6-9H,14H2,1-5H3,(H,16,17,18,19). The van der Waals surface area contributed by atoms with Crippen molar-refractivity contribution in [3.63, 3.8) is 0 Å². The first-order chi connectivity index (χ1) is 9.82. The third kappa shape index (κ3) is 3.27. The maximum Gasteiger partial charge on any atom is 0.243 e. The summed E-state index contributed by atoms with van der Waals surface area (Å²) in [5.41, 5.74) is 2.57. The molecule has 0 aliphatic carbocycles. The SMILES string of the molecule is CC(N(C)c1nc(NN)nc(-n2ccnc2)n1)C(C)(C)C. The van der Waals surface area contributed by atoms with Gasteiger partial charge in [-0.15, -0.1) is 0 Å². The fourth-order valence-electron chi connectivity index (χ4n) is 1.82. The fourth-order valence-corrected chi connectivity index (χ4v) is 1.82. The molecule has 0 saturated heterocycles. The smallest absolute Gasteiger partial charge is 0.243 e. The van der Waals surface area contributed by atoms with Crippen molar-refractivity contribution < 1.29 is 0 Å². The van der Waals surface area contributed by atoms with Crippen LogP contribution in [0.5, 0.6) is 0 Å². The van der Waals surface area contributed by atoms with Crippen LogP contribution in [0.3, 0.4) is 0 Å². The Labute approximate surface area is 124 Å². The molecule has 0 saturated carbocycles. The van der Waals surface area contributed by atoms with Gasteiger partial charge in [-0.1, -0.05) is 20.8 Å². The van der Waals surface area contributed by atoms with Crippen molar-refractivity contribution in [1.82, 2.24) is 24.5 Å². The summed E-state index contributed by atoms with van der Waals surface area (Å²) in [5, 5.41) is 0. The van der Waals surface area contributed by atoms with Gasteiger partial charge in [0.2, 0.25) is 17.8 Å². The normalized spacial score (nSPS) is 13.0. The van der Waals surface area contributed by atoms with Gasteiger partial charge in [0, 0.05) is 25.5 Å². The van der Waals surface area contributed by atoms with E-state index < -0.39 is 0 Å². The predicted molar refractivity (Wildman–Crippen MR) is 82.1 cm³/mol. The van der Waals surface area contributed by atoms with E-state index >= 15 is 0 Å². The zero-order valence-corrected chi connectivity index (χ0v) is 13.1. The monoisotopic (exact) mass is 290 g/mol. The Morgan fingerprint density at radius 3 is 2.52 bits per heavy atom. The van der Waals surface area contributed by atoms with Gasteiger partial charge < -0.3 is 4.90 Å². The van der Waals surface area contributed by atoms with Crippen molar-refractivity contribution in [3.05, 3.63) is 18.7 Å². The molecule has 114 valence electrons. The van der Waals surface area contributed by atoms with E-state index in [0.29, 0.717) is 17.8 Å². The number of imidazole rings is 1. The molecule has 0 aliphatic heterocycles. The molecule has 0 amide bonds. The first kappa shape index (κ1) is 15.2. The lowest BCUT2D eigenvalue weighted by Crippen LogP contribution is -2.40. The molecule has 0 fully saturated rings. The Morgan fingerprint density at radius 1 is 1.29 bits per heavy atom. The molecule has 2 aromatic rings. The minimum absolute atomic E-state index is 0.0901. The zero-order valence-electron chi connectivity index (χ0n) is 13.1. The highest BCUT2D eigenvalue weighted by Crippen LogP contribution is 2.26. The van der Waals surface area contributed by atoms with E-state index in [0.717, 1.165) is 0 Å². The number of nitrogen functional groups attached to an aromatic ring is 1. The van der Waals surface area contributed by atoms with Gasteiger partial charge in [-0.3, -0.25) is 9.99 Å². The molecule has 3 N–H and O–H groups in total. The number of anilines is 2. The number of nitrogens with one attached hydrogen (secondary N) is 1. The summed E-state index contributed by atoms with van der Waals surface area (Å²) in [5.74, 6) is 6.80. The number of aromatic nitrogens is 5. The summed E-state index contributed by atoms with van der Waals surface area (Å²) in [6.07, 6.45) is 5.07. The molecule has 8 heteroatoms. The maximum atomic E-state index is 5.46. The highest BCUT2D eigenvalue weighted by Gasteiger charge is 2.26. The molecular weight excluding hydrogens is 268 g/mol. The molecule has 1 unspecified atom stereocenters. The van der Waals surface area contributed by atoms with Crippen LogP contribution < -0.4 is 16.2 Å². The summed E-state index contributed by atoms with van der Waals surface area (Å²) in [6, 6.07) is 0.237. The van der Waals surface area contributed by atoms with Crippen molar-refractivity contribution in [2.75, 3.05) is 17.4 Å². The highest BCUT2D eigenvalue weighted by molar-refractivity contribution is 5.40. The van der Waals surface area contributed by atoms with E-state index in [1.807, 2.05) is 11.9 Å². The topological polar surface area (TPSA) is 97.8 Å². The molecule has 8 nitrogen and oxygen atoms in total. The second-order valence-electron chi connectivity index (χ2n) is 6.03. The first-order valence-corrected chi connectivity index (χ1v) is 6.77.